The van der Waals surface area contributed by atoms with E-state index in [-0.39, 0.29) is 12.2 Å². The summed E-state index contributed by atoms with van der Waals surface area (Å²) in [5, 5.41) is 13.6. The van der Waals surface area contributed by atoms with Crippen LogP contribution >= 0.6 is 0 Å². The van der Waals surface area contributed by atoms with Crippen LogP contribution in [0.5, 0.6) is 0 Å². The number of halogens is 2. The number of nitrogens with one attached hydrogen (secondary N) is 2. The molecule has 0 aromatic heterocycles. The van der Waals surface area contributed by atoms with Gasteiger partial charge in [-0.3, -0.25) is 4.79 Å². The van der Waals surface area contributed by atoms with Gasteiger partial charge < -0.3 is 15.7 Å². The zero-order chi connectivity index (χ0) is 15.1. The third-order valence-electron chi connectivity index (χ3n) is 2.67. The fourth-order valence-corrected chi connectivity index (χ4v) is 1.63. The minimum Gasteiger partial charge on any atom is -0.481 e. The van der Waals surface area contributed by atoms with Crippen molar-refractivity contribution in [2.45, 2.75) is 19.8 Å². The zero-order valence-corrected chi connectivity index (χ0v) is 11.0. The Morgan fingerprint density at radius 1 is 1.30 bits per heavy atom. The van der Waals surface area contributed by atoms with Crippen LogP contribution in [-0.4, -0.2) is 23.7 Å². The van der Waals surface area contributed by atoms with Gasteiger partial charge in [-0.25, -0.2) is 13.6 Å². The summed E-state index contributed by atoms with van der Waals surface area (Å²) in [5.41, 5.74) is 0.0868. The van der Waals surface area contributed by atoms with Gasteiger partial charge in [-0.15, -0.1) is 0 Å². The maximum Gasteiger partial charge on any atom is 0.319 e. The second kappa shape index (κ2) is 7.42. The van der Waals surface area contributed by atoms with Crippen LogP contribution in [0.1, 0.15) is 19.8 Å². The van der Waals surface area contributed by atoms with Crippen molar-refractivity contribution in [1.82, 2.24) is 5.32 Å². The number of hydrogen-bond acceptors (Lipinski definition) is 2. The molecule has 1 aromatic rings. The number of urea groups is 1. The topological polar surface area (TPSA) is 78.4 Å². The lowest BCUT2D eigenvalue weighted by atomic mass is 10.0. The van der Waals surface area contributed by atoms with Crippen LogP contribution in [0.15, 0.2) is 18.2 Å². The minimum atomic E-state index is -1.07. The summed E-state index contributed by atoms with van der Waals surface area (Å²) in [4.78, 5) is 22.4. The van der Waals surface area contributed by atoms with Gasteiger partial charge in [-0.05, 0) is 18.6 Å². The molecule has 0 radical (unpaired) electrons. The number of hydrogen-bond donors (Lipinski definition) is 3. The summed E-state index contributed by atoms with van der Waals surface area (Å²) in [6.07, 6.45) is 1.13. The van der Waals surface area contributed by atoms with E-state index in [4.69, 9.17) is 5.11 Å². The molecule has 0 aliphatic carbocycles. The maximum absolute atomic E-state index is 12.9. The van der Waals surface area contributed by atoms with Gasteiger partial charge in [0.2, 0.25) is 0 Å². The molecule has 5 nitrogen and oxygen atoms in total. The van der Waals surface area contributed by atoms with Gasteiger partial charge in [0.15, 0.2) is 11.6 Å². The number of amides is 2. The average molecular weight is 286 g/mol. The Balaban J connectivity index is 2.50. The molecule has 0 aliphatic heterocycles. The SMILES string of the molecule is CCCC(CNC(=O)Nc1ccc(F)c(F)c1)C(=O)O. The fourth-order valence-electron chi connectivity index (χ4n) is 1.63. The van der Waals surface area contributed by atoms with Crippen LogP contribution in [0.4, 0.5) is 19.3 Å². The summed E-state index contributed by atoms with van der Waals surface area (Å²) in [6.45, 7) is 1.82. The van der Waals surface area contributed by atoms with Gasteiger partial charge in [-0.2, -0.15) is 0 Å². The van der Waals surface area contributed by atoms with Crippen LogP contribution in [0.2, 0.25) is 0 Å². The third-order valence-corrected chi connectivity index (χ3v) is 2.67. The summed E-state index contributed by atoms with van der Waals surface area (Å²) < 4.78 is 25.6. The fraction of sp³-hybridized carbons (Fsp3) is 0.385. The summed E-state index contributed by atoms with van der Waals surface area (Å²) in [7, 11) is 0. The highest BCUT2D eigenvalue weighted by molar-refractivity contribution is 5.89. The van der Waals surface area contributed by atoms with Crippen LogP contribution in [0.25, 0.3) is 0 Å². The molecule has 3 N–H and O–H groups in total. The average Bonchev–Trinajstić information content (AvgIpc) is 2.38. The van der Waals surface area contributed by atoms with Crippen molar-refractivity contribution in [3.05, 3.63) is 29.8 Å². The van der Waals surface area contributed by atoms with E-state index in [1.54, 1.807) is 0 Å². The molecule has 110 valence electrons. The lowest BCUT2D eigenvalue weighted by Gasteiger charge is -2.13. The second-order valence-corrected chi connectivity index (χ2v) is 4.29. The van der Waals surface area contributed by atoms with Crippen LogP contribution in [0.3, 0.4) is 0 Å². The predicted octanol–water partition coefficient (Wildman–Crippen LogP) is 2.59. The normalized spacial score (nSPS) is 11.8. The van der Waals surface area contributed by atoms with E-state index in [0.717, 1.165) is 12.1 Å². The first-order valence-corrected chi connectivity index (χ1v) is 6.16. The Morgan fingerprint density at radius 3 is 2.55 bits per heavy atom. The lowest BCUT2D eigenvalue weighted by molar-refractivity contribution is -0.141. The molecule has 0 aliphatic rings. The van der Waals surface area contributed by atoms with Gasteiger partial charge in [0.1, 0.15) is 0 Å². The van der Waals surface area contributed by atoms with E-state index < -0.39 is 29.6 Å². The zero-order valence-electron chi connectivity index (χ0n) is 11.0. The molecule has 0 saturated heterocycles. The van der Waals surface area contributed by atoms with Crippen molar-refractivity contribution in [3.63, 3.8) is 0 Å². The number of benzene rings is 1. The van der Waals surface area contributed by atoms with E-state index in [2.05, 4.69) is 10.6 Å². The predicted molar refractivity (Wildman–Crippen MR) is 69.4 cm³/mol. The first-order valence-electron chi connectivity index (χ1n) is 6.16. The Hall–Kier alpha value is -2.18. The van der Waals surface area contributed by atoms with Crippen molar-refractivity contribution < 1.29 is 23.5 Å². The van der Waals surface area contributed by atoms with Gasteiger partial charge >= 0.3 is 12.0 Å². The van der Waals surface area contributed by atoms with Crippen molar-refractivity contribution in [1.29, 1.82) is 0 Å². The number of rotatable bonds is 6. The monoisotopic (exact) mass is 286 g/mol. The maximum atomic E-state index is 12.9. The molecule has 1 rings (SSSR count). The molecular formula is C13H16F2N2O3. The number of aliphatic carboxylic acids is 1. The Kier molecular flexibility index (Phi) is 5.89. The van der Waals surface area contributed by atoms with Crippen molar-refractivity contribution in [3.8, 4) is 0 Å². The molecule has 7 heteroatoms. The van der Waals surface area contributed by atoms with Gasteiger partial charge in [0, 0.05) is 18.3 Å². The van der Waals surface area contributed by atoms with E-state index in [1.807, 2.05) is 6.92 Å². The minimum absolute atomic E-state index is 0.0291. The molecule has 1 unspecified atom stereocenters. The Morgan fingerprint density at radius 2 is 2.00 bits per heavy atom. The van der Waals surface area contributed by atoms with Crippen molar-refractivity contribution in [2.75, 3.05) is 11.9 Å². The largest absolute Gasteiger partial charge is 0.481 e. The number of carboxylic acids is 1. The highest BCUT2D eigenvalue weighted by Crippen LogP contribution is 2.13. The van der Waals surface area contributed by atoms with E-state index in [1.165, 1.54) is 6.07 Å². The summed E-state index contributed by atoms with van der Waals surface area (Å²) >= 11 is 0. The quantitative estimate of drug-likeness (QED) is 0.752. The second-order valence-electron chi connectivity index (χ2n) is 4.29. The van der Waals surface area contributed by atoms with Crippen LogP contribution in [0, 0.1) is 17.6 Å². The molecule has 20 heavy (non-hydrogen) atoms. The molecule has 2 amide bonds. The van der Waals surface area contributed by atoms with Crippen LogP contribution < -0.4 is 10.6 Å². The van der Waals surface area contributed by atoms with E-state index >= 15 is 0 Å². The first-order chi connectivity index (χ1) is 9.43. The number of carbonyl (C=O) groups excluding carboxylic acids is 1. The van der Waals surface area contributed by atoms with Crippen molar-refractivity contribution >= 4 is 17.7 Å². The third kappa shape index (κ3) is 4.83. The van der Waals surface area contributed by atoms with E-state index in [9.17, 15) is 18.4 Å². The van der Waals surface area contributed by atoms with E-state index in [0.29, 0.717) is 12.8 Å². The van der Waals surface area contributed by atoms with Crippen LogP contribution in [-0.2, 0) is 4.79 Å². The molecule has 0 bridgehead atoms. The highest BCUT2D eigenvalue weighted by Gasteiger charge is 2.17. The molecular weight excluding hydrogens is 270 g/mol. The summed E-state index contributed by atoms with van der Waals surface area (Å²) in [5.74, 6) is -3.74. The smallest absolute Gasteiger partial charge is 0.319 e. The molecule has 0 spiro atoms. The Bertz CT molecular complexity index is 495. The van der Waals surface area contributed by atoms with Gasteiger partial charge in [0.05, 0.1) is 5.92 Å². The standard InChI is InChI=1S/C13H16F2N2O3/c1-2-3-8(12(18)19)7-16-13(20)17-9-4-5-10(14)11(15)6-9/h4-6,8H,2-3,7H2,1H3,(H,18,19)(H2,16,17,20). The molecule has 0 heterocycles. The molecule has 0 saturated carbocycles. The first kappa shape index (κ1) is 15.9. The molecule has 0 fully saturated rings. The molecule has 1 atom stereocenters. The lowest BCUT2D eigenvalue weighted by Crippen LogP contribution is -2.35. The highest BCUT2D eigenvalue weighted by atomic mass is 19.2. The summed E-state index contributed by atoms with van der Waals surface area (Å²) in [6, 6.07) is 2.27. The number of carbonyl (C=O) groups is 2. The van der Waals surface area contributed by atoms with Gasteiger partial charge in [-0.1, -0.05) is 13.3 Å². The molecule has 1 aromatic carbocycles. The Labute approximate surface area is 115 Å². The number of anilines is 1. The van der Waals surface area contributed by atoms with Crippen molar-refractivity contribution in [2.24, 2.45) is 5.92 Å². The van der Waals surface area contributed by atoms with Gasteiger partial charge in [0.25, 0.3) is 0 Å². The number of carboxylic acid groups (broad SMARTS) is 1.